The normalized spacial score (nSPS) is 34.3. The molecule has 1 saturated carbocycles. The number of amides is 1. The van der Waals surface area contributed by atoms with Crippen molar-refractivity contribution < 1.29 is 14.7 Å². The molecule has 2 aliphatic rings. The van der Waals surface area contributed by atoms with Crippen molar-refractivity contribution in [2.75, 3.05) is 20.1 Å². The summed E-state index contributed by atoms with van der Waals surface area (Å²) in [5.74, 6) is -1.87. The predicted molar refractivity (Wildman–Crippen MR) is 67.1 cm³/mol. The summed E-state index contributed by atoms with van der Waals surface area (Å²) >= 11 is 0. The number of hydrogen-bond donors (Lipinski definition) is 2. The van der Waals surface area contributed by atoms with Crippen molar-refractivity contribution in [3.05, 3.63) is 0 Å². The maximum atomic E-state index is 12.0. The third-order valence-electron chi connectivity index (χ3n) is 4.56. The average molecular weight is 254 g/mol. The second-order valence-electron chi connectivity index (χ2n) is 6.14. The molecule has 102 valence electrons. The van der Waals surface area contributed by atoms with Crippen LogP contribution in [-0.4, -0.2) is 48.1 Å². The topological polar surface area (TPSA) is 69.6 Å². The number of rotatable bonds is 4. The molecule has 1 aliphatic carbocycles. The molecule has 0 aromatic heterocycles. The van der Waals surface area contributed by atoms with E-state index in [-0.39, 0.29) is 11.8 Å². The fourth-order valence-corrected chi connectivity index (χ4v) is 3.15. The summed E-state index contributed by atoms with van der Waals surface area (Å²) in [5, 5.41) is 12.0. The second kappa shape index (κ2) is 4.53. The summed E-state index contributed by atoms with van der Waals surface area (Å²) in [7, 11) is 2.06. The second-order valence-corrected chi connectivity index (χ2v) is 6.14. The fraction of sp³-hybridized carbons (Fsp3) is 0.846. The molecule has 2 N–H and O–H groups in total. The van der Waals surface area contributed by atoms with Gasteiger partial charge < -0.3 is 15.3 Å². The molecule has 18 heavy (non-hydrogen) atoms. The average Bonchev–Trinajstić information content (AvgIpc) is 2.62. The molecule has 2 fully saturated rings. The molecule has 0 bridgehead atoms. The highest BCUT2D eigenvalue weighted by Gasteiger charge is 2.65. The summed E-state index contributed by atoms with van der Waals surface area (Å²) in [6, 6.07) is 0.402. The first-order valence-electron chi connectivity index (χ1n) is 6.56. The van der Waals surface area contributed by atoms with Crippen LogP contribution in [0.15, 0.2) is 0 Å². The third-order valence-corrected chi connectivity index (χ3v) is 4.56. The number of carbonyl (C=O) groups excluding carboxylic acids is 1. The molecule has 1 aliphatic heterocycles. The number of hydrogen-bond acceptors (Lipinski definition) is 3. The van der Waals surface area contributed by atoms with E-state index >= 15 is 0 Å². The Morgan fingerprint density at radius 2 is 2.06 bits per heavy atom. The SMILES string of the molecule is CN1CCCC1CNC(=O)C1C(C(=O)O)C1(C)C. The monoisotopic (exact) mass is 254 g/mol. The maximum Gasteiger partial charge on any atom is 0.307 e. The Morgan fingerprint density at radius 3 is 2.50 bits per heavy atom. The zero-order valence-corrected chi connectivity index (χ0v) is 11.3. The van der Waals surface area contributed by atoms with Crippen molar-refractivity contribution in [3.63, 3.8) is 0 Å². The van der Waals surface area contributed by atoms with Crippen molar-refractivity contribution >= 4 is 11.9 Å². The van der Waals surface area contributed by atoms with Crippen LogP contribution in [0.3, 0.4) is 0 Å². The first-order chi connectivity index (χ1) is 8.35. The van der Waals surface area contributed by atoms with Crippen LogP contribution in [0.2, 0.25) is 0 Å². The minimum absolute atomic E-state index is 0.104. The van der Waals surface area contributed by atoms with E-state index in [2.05, 4.69) is 17.3 Å². The minimum atomic E-state index is -0.863. The summed E-state index contributed by atoms with van der Waals surface area (Å²) in [5.41, 5.74) is -0.405. The van der Waals surface area contributed by atoms with Crippen molar-refractivity contribution in [1.82, 2.24) is 10.2 Å². The van der Waals surface area contributed by atoms with Gasteiger partial charge in [0.2, 0.25) is 5.91 Å². The van der Waals surface area contributed by atoms with Gasteiger partial charge in [0.25, 0.3) is 0 Å². The highest BCUT2D eigenvalue weighted by molar-refractivity contribution is 5.91. The molecular formula is C13H22N2O3. The first-order valence-corrected chi connectivity index (χ1v) is 6.56. The number of carboxylic acids is 1. The van der Waals surface area contributed by atoms with Crippen LogP contribution in [0, 0.1) is 17.3 Å². The van der Waals surface area contributed by atoms with E-state index in [0.717, 1.165) is 13.0 Å². The number of carboxylic acid groups (broad SMARTS) is 1. The van der Waals surface area contributed by atoms with Gasteiger partial charge in [-0.1, -0.05) is 13.8 Å². The lowest BCUT2D eigenvalue weighted by molar-refractivity contribution is -0.140. The van der Waals surface area contributed by atoms with E-state index in [0.29, 0.717) is 12.6 Å². The Morgan fingerprint density at radius 1 is 1.39 bits per heavy atom. The molecule has 5 nitrogen and oxygen atoms in total. The molecule has 0 aromatic rings. The highest BCUT2D eigenvalue weighted by Crippen LogP contribution is 2.58. The minimum Gasteiger partial charge on any atom is -0.481 e. The maximum absolute atomic E-state index is 12.0. The van der Waals surface area contributed by atoms with Crippen LogP contribution < -0.4 is 5.32 Å². The molecule has 1 amide bonds. The van der Waals surface area contributed by atoms with Crippen LogP contribution in [0.1, 0.15) is 26.7 Å². The van der Waals surface area contributed by atoms with Crippen LogP contribution >= 0.6 is 0 Å². The van der Waals surface area contributed by atoms with Crippen LogP contribution in [0.25, 0.3) is 0 Å². The Balaban J connectivity index is 1.84. The van der Waals surface area contributed by atoms with Gasteiger partial charge in [-0.25, -0.2) is 0 Å². The predicted octanol–water partition coefficient (Wildman–Crippen LogP) is 0.554. The van der Waals surface area contributed by atoms with Gasteiger partial charge in [-0.3, -0.25) is 9.59 Å². The highest BCUT2D eigenvalue weighted by atomic mass is 16.4. The molecule has 0 radical (unpaired) electrons. The Kier molecular flexibility index (Phi) is 3.36. The number of likely N-dealkylation sites (tertiary alicyclic amines) is 1. The number of likely N-dealkylation sites (N-methyl/N-ethyl adjacent to an activating group) is 1. The number of nitrogens with one attached hydrogen (secondary N) is 1. The van der Waals surface area contributed by atoms with Gasteiger partial charge >= 0.3 is 5.97 Å². The van der Waals surface area contributed by atoms with Crippen molar-refractivity contribution in [1.29, 1.82) is 0 Å². The van der Waals surface area contributed by atoms with Gasteiger partial charge in [-0.15, -0.1) is 0 Å². The molecule has 2 rings (SSSR count). The van der Waals surface area contributed by atoms with Gasteiger partial charge in [0.15, 0.2) is 0 Å². The molecule has 0 spiro atoms. The fourth-order valence-electron chi connectivity index (χ4n) is 3.15. The van der Waals surface area contributed by atoms with Crippen molar-refractivity contribution in [2.24, 2.45) is 17.3 Å². The molecule has 0 aromatic carbocycles. The van der Waals surface area contributed by atoms with E-state index in [1.807, 2.05) is 13.8 Å². The largest absolute Gasteiger partial charge is 0.481 e. The summed E-state index contributed by atoms with van der Waals surface area (Å²) in [4.78, 5) is 25.3. The molecule has 3 unspecified atom stereocenters. The zero-order chi connectivity index (χ0) is 13.5. The van der Waals surface area contributed by atoms with E-state index < -0.39 is 17.3 Å². The first kappa shape index (κ1) is 13.3. The molecule has 5 heteroatoms. The van der Waals surface area contributed by atoms with Crippen LogP contribution in [-0.2, 0) is 9.59 Å². The van der Waals surface area contributed by atoms with Gasteiger partial charge in [-0.2, -0.15) is 0 Å². The van der Waals surface area contributed by atoms with Gasteiger partial charge in [0, 0.05) is 12.6 Å². The molecule has 1 saturated heterocycles. The zero-order valence-electron chi connectivity index (χ0n) is 11.3. The summed E-state index contributed by atoms with van der Waals surface area (Å²) < 4.78 is 0. The lowest BCUT2D eigenvalue weighted by Crippen LogP contribution is -2.39. The van der Waals surface area contributed by atoms with Crippen LogP contribution in [0.4, 0.5) is 0 Å². The van der Waals surface area contributed by atoms with E-state index in [9.17, 15) is 9.59 Å². The van der Waals surface area contributed by atoms with Gasteiger partial charge in [0.1, 0.15) is 0 Å². The lowest BCUT2D eigenvalue weighted by atomic mass is 10.1. The molecular weight excluding hydrogens is 232 g/mol. The van der Waals surface area contributed by atoms with Crippen molar-refractivity contribution in [3.8, 4) is 0 Å². The number of nitrogens with zero attached hydrogens (tertiary/aromatic N) is 1. The molecule has 1 heterocycles. The summed E-state index contributed by atoms with van der Waals surface area (Å²) in [6.45, 7) is 5.40. The smallest absolute Gasteiger partial charge is 0.307 e. The quantitative estimate of drug-likeness (QED) is 0.769. The number of aliphatic carboxylic acids is 1. The van der Waals surface area contributed by atoms with Crippen molar-refractivity contribution in [2.45, 2.75) is 32.7 Å². The number of carbonyl (C=O) groups is 2. The lowest BCUT2D eigenvalue weighted by Gasteiger charge is -2.19. The van der Waals surface area contributed by atoms with Gasteiger partial charge in [0.05, 0.1) is 11.8 Å². The van der Waals surface area contributed by atoms with Crippen LogP contribution in [0.5, 0.6) is 0 Å². The van der Waals surface area contributed by atoms with E-state index in [4.69, 9.17) is 5.11 Å². The molecule has 3 atom stereocenters. The van der Waals surface area contributed by atoms with Gasteiger partial charge in [-0.05, 0) is 31.8 Å². The Labute approximate surface area is 108 Å². The Bertz CT molecular complexity index is 367. The summed E-state index contributed by atoms with van der Waals surface area (Å²) in [6.07, 6.45) is 2.27. The standard InChI is InChI=1S/C13H22N2O3/c1-13(2)9(10(13)12(17)18)11(16)14-7-8-5-4-6-15(8)3/h8-10H,4-7H2,1-3H3,(H,14,16)(H,17,18). The third kappa shape index (κ3) is 2.23. The Hall–Kier alpha value is -1.10. The van der Waals surface area contributed by atoms with E-state index in [1.165, 1.54) is 6.42 Å². The van der Waals surface area contributed by atoms with E-state index in [1.54, 1.807) is 0 Å².